The van der Waals surface area contributed by atoms with Gasteiger partial charge in [-0.15, -0.1) is 0 Å². The second kappa shape index (κ2) is 7.73. The number of carboxylic acid groups (broad SMARTS) is 1. The van der Waals surface area contributed by atoms with E-state index >= 15 is 0 Å². The molecule has 4 heteroatoms. The van der Waals surface area contributed by atoms with Gasteiger partial charge in [-0.25, -0.2) is 4.79 Å². The highest BCUT2D eigenvalue weighted by molar-refractivity contribution is 5.87. The number of likely N-dealkylation sites (tertiary alicyclic amines) is 1. The second-order valence-electron chi connectivity index (χ2n) is 8.25. The fourth-order valence-corrected chi connectivity index (χ4v) is 4.05. The number of hydrogen-bond acceptors (Lipinski definition) is 3. The third-order valence-corrected chi connectivity index (χ3v) is 6.19. The maximum Gasteiger partial charge on any atom is 0.335 e. The summed E-state index contributed by atoms with van der Waals surface area (Å²) in [4.78, 5) is 16.0. The summed E-state index contributed by atoms with van der Waals surface area (Å²) in [5, 5.41) is 9.31. The van der Waals surface area contributed by atoms with Gasteiger partial charge in [0.25, 0.3) is 0 Å². The molecule has 144 valence electrons. The highest BCUT2D eigenvalue weighted by Crippen LogP contribution is 2.40. The first-order chi connectivity index (χ1) is 12.8. The van der Waals surface area contributed by atoms with Crippen LogP contribution < -0.4 is 4.90 Å². The van der Waals surface area contributed by atoms with Crippen LogP contribution in [-0.4, -0.2) is 43.2 Å². The van der Waals surface area contributed by atoms with Crippen LogP contribution in [0.4, 0.5) is 5.69 Å². The minimum Gasteiger partial charge on any atom is -0.478 e. The number of anilines is 1. The molecular formula is C23H30N2O2. The van der Waals surface area contributed by atoms with Crippen molar-refractivity contribution in [1.82, 2.24) is 4.90 Å². The Morgan fingerprint density at radius 1 is 1.22 bits per heavy atom. The van der Waals surface area contributed by atoms with Crippen molar-refractivity contribution >= 4 is 11.7 Å². The summed E-state index contributed by atoms with van der Waals surface area (Å²) in [6, 6.07) is 16.2. The Labute approximate surface area is 162 Å². The lowest BCUT2D eigenvalue weighted by Gasteiger charge is -2.45. The Kier molecular flexibility index (Phi) is 5.56. The lowest BCUT2D eigenvalue weighted by Crippen LogP contribution is -2.47. The van der Waals surface area contributed by atoms with E-state index in [1.54, 1.807) is 6.07 Å². The van der Waals surface area contributed by atoms with Gasteiger partial charge in [0.1, 0.15) is 0 Å². The summed E-state index contributed by atoms with van der Waals surface area (Å²) < 4.78 is 0. The van der Waals surface area contributed by atoms with Crippen LogP contribution in [-0.2, 0) is 12.0 Å². The average molecular weight is 367 g/mol. The number of nitrogens with zero attached hydrogens (tertiary/aromatic N) is 2. The third-order valence-electron chi connectivity index (χ3n) is 6.19. The number of carboxylic acids is 1. The lowest BCUT2D eigenvalue weighted by atomic mass is 9.68. The van der Waals surface area contributed by atoms with Crippen LogP contribution in [0.1, 0.15) is 41.8 Å². The van der Waals surface area contributed by atoms with Crippen molar-refractivity contribution in [2.24, 2.45) is 5.92 Å². The maximum absolute atomic E-state index is 11.3. The Morgan fingerprint density at radius 3 is 2.52 bits per heavy atom. The van der Waals surface area contributed by atoms with Gasteiger partial charge in [-0.3, -0.25) is 4.90 Å². The molecule has 0 unspecified atom stereocenters. The molecule has 0 aromatic heterocycles. The molecule has 1 fully saturated rings. The van der Waals surface area contributed by atoms with Crippen LogP contribution in [0.5, 0.6) is 0 Å². The normalized spacial score (nSPS) is 23.2. The first-order valence-corrected chi connectivity index (χ1v) is 9.62. The van der Waals surface area contributed by atoms with Gasteiger partial charge in [-0.05, 0) is 59.7 Å². The maximum atomic E-state index is 11.3. The predicted molar refractivity (Wildman–Crippen MR) is 111 cm³/mol. The van der Waals surface area contributed by atoms with Crippen LogP contribution in [0, 0.1) is 5.92 Å². The van der Waals surface area contributed by atoms with Gasteiger partial charge >= 0.3 is 5.97 Å². The van der Waals surface area contributed by atoms with Gasteiger partial charge in [0.05, 0.1) is 5.56 Å². The summed E-state index contributed by atoms with van der Waals surface area (Å²) in [6.07, 6.45) is 1.03. The lowest BCUT2D eigenvalue weighted by molar-refractivity contribution is 0.0696. The molecule has 3 rings (SSSR count). The van der Waals surface area contributed by atoms with Crippen molar-refractivity contribution in [1.29, 1.82) is 0 Å². The van der Waals surface area contributed by atoms with Gasteiger partial charge in [-0.2, -0.15) is 0 Å². The average Bonchev–Trinajstić information content (AvgIpc) is 2.65. The van der Waals surface area contributed by atoms with Crippen LogP contribution in [0.3, 0.4) is 0 Å². The fraction of sp³-hybridized carbons (Fsp3) is 0.435. The molecular weight excluding hydrogens is 336 g/mol. The van der Waals surface area contributed by atoms with Crippen LogP contribution in [0.15, 0.2) is 48.5 Å². The molecule has 1 aliphatic heterocycles. The molecule has 1 aliphatic rings. The minimum atomic E-state index is -0.855. The number of carbonyl (C=O) groups is 1. The Hall–Kier alpha value is -2.33. The summed E-state index contributed by atoms with van der Waals surface area (Å²) in [5.41, 5.74) is 4.09. The van der Waals surface area contributed by atoms with Gasteiger partial charge in [0.15, 0.2) is 0 Å². The van der Waals surface area contributed by atoms with Gasteiger partial charge < -0.3 is 10.0 Å². The van der Waals surface area contributed by atoms with Gasteiger partial charge in [0.2, 0.25) is 0 Å². The van der Waals surface area contributed by atoms with Gasteiger partial charge in [-0.1, -0.05) is 38.1 Å². The molecule has 0 spiro atoms. The first kappa shape index (κ1) is 19.4. The molecule has 1 saturated heterocycles. The number of benzene rings is 2. The summed E-state index contributed by atoms with van der Waals surface area (Å²) in [7, 11) is 4.11. The third kappa shape index (κ3) is 4.16. The van der Waals surface area contributed by atoms with Crippen molar-refractivity contribution in [2.45, 2.75) is 32.2 Å². The Bertz CT molecular complexity index is 800. The highest BCUT2D eigenvalue weighted by atomic mass is 16.4. The molecule has 4 nitrogen and oxygen atoms in total. The van der Waals surface area contributed by atoms with E-state index in [0.717, 1.165) is 31.6 Å². The van der Waals surface area contributed by atoms with Gasteiger partial charge in [0, 0.05) is 32.9 Å². The van der Waals surface area contributed by atoms with Crippen molar-refractivity contribution in [2.75, 3.05) is 32.1 Å². The quantitative estimate of drug-likeness (QED) is 0.859. The molecule has 0 saturated carbocycles. The fourth-order valence-electron chi connectivity index (χ4n) is 4.05. The smallest absolute Gasteiger partial charge is 0.335 e. The standard InChI is InChI=1S/C23H30N2O2/c1-17-15-25(16-18-8-10-21(11-9-18)24(3)4)13-12-23(17,2)20-7-5-6-19(14-20)22(26)27/h5-11,14,17H,12-13,15-16H2,1-4H3,(H,26,27)/t17-,23+/m0/s1. The molecule has 1 heterocycles. The number of hydrogen-bond donors (Lipinski definition) is 1. The highest BCUT2D eigenvalue weighted by Gasteiger charge is 2.38. The van der Waals surface area contributed by atoms with E-state index in [1.807, 2.05) is 12.1 Å². The molecule has 0 radical (unpaired) electrons. The minimum absolute atomic E-state index is 0.0107. The molecule has 2 atom stereocenters. The molecule has 0 bridgehead atoms. The van der Waals surface area contributed by atoms with E-state index in [2.05, 4.69) is 68.1 Å². The van der Waals surface area contributed by atoms with E-state index in [0.29, 0.717) is 11.5 Å². The zero-order chi connectivity index (χ0) is 19.6. The van der Waals surface area contributed by atoms with Crippen molar-refractivity contribution in [3.05, 3.63) is 65.2 Å². The molecule has 2 aromatic carbocycles. The molecule has 27 heavy (non-hydrogen) atoms. The molecule has 2 aromatic rings. The van der Waals surface area contributed by atoms with E-state index < -0.39 is 5.97 Å². The predicted octanol–water partition coefficient (Wildman–Crippen LogP) is 4.25. The number of rotatable bonds is 5. The van der Waals surface area contributed by atoms with Crippen LogP contribution in [0.2, 0.25) is 0 Å². The zero-order valence-electron chi connectivity index (χ0n) is 16.8. The van der Waals surface area contributed by atoms with Crippen molar-refractivity contribution in [3.63, 3.8) is 0 Å². The summed E-state index contributed by atoms with van der Waals surface area (Å²) >= 11 is 0. The molecule has 1 N–H and O–H groups in total. The van der Waals surface area contributed by atoms with E-state index in [1.165, 1.54) is 11.3 Å². The second-order valence-corrected chi connectivity index (χ2v) is 8.25. The van der Waals surface area contributed by atoms with E-state index in [9.17, 15) is 9.90 Å². The number of piperidine rings is 1. The van der Waals surface area contributed by atoms with Crippen LogP contribution in [0.25, 0.3) is 0 Å². The van der Waals surface area contributed by atoms with E-state index in [4.69, 9.17) is 0 Å². The van der Waals surface area contributed by atoms with Crippen molar-refractivity contribution < 1.29 is 9.90 Å². The zero-order valence-corrected chi connectivity index (χ0v) is 16.8. The molecule has 0 aliphatic carbocycles. The summed E-state index contributed by atoms with van der Waals surface area (Å²) in [6.45, 7) is 7.57. The van der Waals surface area contributed by atoms with Crippen molar-refractivity contribution in [3.8, 4) is 0 Å². The van der Waals surface area contributed by atoms with Crippen LogP contribution >= 0.6 is 0 Å². The Balaban J connectivity index is 1.69. The summed E-state index contributed by atoms with van der Waals surface area (Å²) in [5.74, 6) is -0.400. The monoisotopic (exact) mass is 366 g/mol. The topological polar surface area (TPSA) is 43.8 Å². The SMILES string of the molecule is C[C@H]1CN(Cc2ccc(N(C)C)cc2)CC[C@@]1(C)c1cccc(C(=O)O)c1. The molecule has 0 amide bonds. The first-order valence-electron chi connectivity index (χ1n) is 9.62. The number of aromatic carboxylic acids is 1. The van der Waals surface area contributed by atoms with E-state index in [-0.39, 0.29) is 5.41 Å². The largest absolute Gasteiger partial charge is 0.478 e. The Morgan fingerprint density at radius 2 is 1.93 bits per heavy atom.